The number of benzene rings is 1. The largest absolute Gasteiger partial charge is 0.466 e. The van der Waals surface area contributed by atoms with Crippen molar-refractivity contribution in [2.75, 3.05) is 25.5 Å². The predicted molar refractivity (Wildman–Crippen MR) is 92.6 cm³/mol. The third-order valence-corrected chi connectivity index (χ3v) is 6.60. The summed E-state index contributed by atoms with van der Waals surface area (Å²) in [7, 11) is 1.50. The van der Waals surface area contributed by atoms with E-state index in [9.17, 15) is 4.79 Å². The zero-order valence-corrected chi connectivity index (χ0v) is 14.1. The molecule has 4 aliphatic rings. The monoisotopic (exact) mass is 322 g/mol. The van der Waals surface area contributed by atoms with Crippen LogP contribution in [0.25, 0.3) is 0 Å². The number of rotatable bonds is 1. The number of fused-ring (bicyclic) bond motifs is 2. The second kappa shape index (κ2) is 4.73. The van der Waals surface area contributed by atoms with Crippen LogP contribution in [0.1, 0.15) is 25.3 Å². The topological polar surface area (TPSA) is 41.6 Å². The van der Waals surface area contributed by atoms with Crippen molar-refractivity contribution in [3.8, 4) is 0 Å². The van der Waals surface area contributed by atoms with Crippen molar-refractivity contribution in [1.29, 1.82) is 0 Å². The van der Waals surface area contributed by atoms with E-state index in [1.165, 1.54) is 18.2 Å². The van der Waals surface area contributed by atoms with Crippen LogP contribution in [0.5, 0.6) is 0 Å². The number of hydrogen-bond acceptors (Lipinski definition) is 4. The third-order valence-electron chi connectivity index (χ3n) is 6.60. The Morgan fingerprint density at radius 1 is 1.42 bits per heavy atom. The van der Waals surface area contributed by atoms with E-state index < -0.39 is 0 Å². The molecule has 2 saturated heterocycles. The first kappa shape index (κ1) is 14.3. The summed E-state index contributed by atoms with van der Waals surface area (Å²) in [6.45, 7) is 4.15. The molecule has 3 heterocycles. The zero-order valence-electron chi connectivity index (χ0n) is 14.1. The average Bonchev–Trinajstić information content (AvgIpc) is 3.17. The van der Waals surface area contributed by atoms with E-state index in [0.717, 1.165) is 42.9 Å². The van der Waals surface area contributed by atoms with Crippen LogP contribution >= 0.6 is 0 Å². The fourth-order valence-electron chi connectivity index (χ4n) is 5.61. The van der Waals surface area contributed by atoms with E-state index >= 15 is 0 Å². The minimum atomic E-state index is -0.173. The van der Waals surface area contributed by atoms with Crippen molar-refractivity contribution in [3.05, 3.63) is 52.7 Å². The summed E-state index contributed by atoms with van der Waals surface area (Å²) in [6, 6.07) is 9.03. The molecule has 3 aliphatic heterocycles. The van der Waals surface area contributed by atoms with Gasteiger partial charge in [-0.2, -0.15) is 0 Å². The number of methoxy groups -OCH3 is 1. The molecular formula is C20H22N2O2. The number of carbonyl (C=O) groups is 1. The average molecular weight is 322 g/mol. The molecule has 0 aromatic heterocycles. The highest BCUT2D eigenvalue weighted by molar-refractivity contribution is 5.94. The van der Waals surface area contributed by atoms with Crippen molar-refractivity contribution in [1.82, 2.24) is 4.90 Å². The second-order valence-corrected chi connectivity index (χ2v) is 7.31. The number of esters is 1. The Morgan fingerprint density at radius 3 is 3.04 bits per heavy atom. The number of anilines is 1. The van der Waals surface area contributed by atoms with Crippen molar-refractivity contribution < 1.29 is 9.53 Å². The maximum Gasteiger partial charge on any atom is 0.336 e. The molecule has 3 atom stereocenters. The molecule has 0 radical (unpaired) electrons. The molecule has 1 aliphatic carbocycles. The molecule has 24 heavy (non-hydrogen) atoms. The van der Waals surface area contributed by atoms with Crippen LogP contribution in [-0.4, -0.2) is 37.1 Å². The molecule has 124 valence electrons. The summed E-state index contributed by atoms with van der Waals surface area (Å²) < 4.78 is 5.21. The molecule has 1 aromatic carbocycles. The van der Waals surface area contributed by atoms with Crippen LogP contribution in [0.15, 0.2) is 47.2 Å². The molecule has 1 spiro atoms. The van der Waals surface area contributed by atoms with Gasteiger partial charge >= 0.3 is 5.97 Å². The van der Waals surface area contributed by atoms with Crippen LogP contribution in [0, 0.1) is 5.92 Å². The maximum absolute atomic E-state index is 12.7. The van der Waals surface area contributed by atoms with E-state index in [2.05, 4.69) is 47.5 Å². The summed E-state index contributed by atoms with van der Waals surface area (Å²) in [5, 5.41) is 3.62. The van der Waals surface area contributed by atoms with Crippen molar-refractivity contribution in [2.45, 2.75) is 31.2 Å². The van der Waals surface area contributed by atoms with Crippen LogP contribution in [0.2, 0.25) is 0 Å². The van der Waals surface area contributed by atoms with E-state index in [1.54, 1.807) is 0 Å². The second-order valence-electron chi connectivity index (χ2n) is 7.31. The van der Waals surface area contributed by atoms with Gasteiger partial charge in [0.05, 0.1) is 18.1 Å². The van der Waals surface area contributed by atoms with Crippen molar-refractivity contribution in [3.63, 3.8) is 0 Å². The van der Waals surface area contributed by atoms with Gasteiger partial charge in [-0.25, -0.2) is 4.79 Å². The molecule has 2 bridgehead atoms. The summed E-state index contributed by atoms with van der Waals surface area (Å²) in [6.07, 6.45) is 4.28. The summed E-state index contributed by atoms with van der Waals surface area (Å²) in [5.74, 6) is 0.0135. The molecule has 1 aromatic rings. The number of nitrogens with zero attached hydrogens (tertiary/aromatic N) is 1. The van der Waals surface area contributed by atoms with Gasteiger partial charge in [-0.3, -0.25) is 4.90 Å². The molecule has 4 nitrogen and oxygen atoms in total. The van der Waals surface area contributed by atoms with Crippen LogP contribution in [0.4, 0.5) is 5.69 Å². The molecule has 0 saturated carbocycles. The van der Waals surface area contributed by atoms with Gasteiger partial charge in [0.1, 0.15) is 0 Å². The standard InChI is InChI=1S/C20H22N2O2/c1-3-12-11-22-9-8-20-14-6-4-5-7-15(14)21-18(20)17(19(23)24-2)13(12)10-16(20)22/h3-7,13,16,21H,8-11H2,1-2H3/t13?,16?,20-/m1/s1. The van der Waals surface area contributed by atoms with E-state index in [0.29, 0.717) is 6.04 Å². The van der Waals surface area contributed by atoms with E-state index in [4.69, 9.17) is 4.74 Å². The number of piperidine rings is 1. The van der Waals surface area contributed by atoms with Gasteiger partial charge in [0.2, 0.25) is 0 Å². The maximum atomic E-state index is 12.7. The number of nitrogens with one attached hydrogen (secondary N) is 1. The highest BCUT2D eigenvalue weighted by atomic mass is 16.5. The Labute approximate surface area is 142 Å². The smallest absolute Gasteiger partial charge is 0.336 e. The fourth-order valence-corrected chi connectivity index (χ4v) is 5.61. The Bertz CT molecular complexity index is 810. The summed E-state index contributed by atoms with van der Waals surface area (Å²) >= 11 is 0. The summed E-state index contributed by atoms with van der Waals surface area (Å²) in [4.78, 5) is 15.3. The molecule has 0 amide bonds. The number of para-hydroxylation sites is 1. The first-order valence-corrected chi connectivity index (χ1v) is 8.79. The van der Waals surface area contributed by atoms with Gasteiger partial charge in [-0.15, -0.1) is 0 Å². The molecule has 2 unspecified atom stereocenters. The van der Waals surface area contributed by atoms with Crippen LogP contribution in [-0.2, 0) is 14.9 Å². The Kier molecular flexibility index (Phi) is 2.82. The van der Waals surface area contributed by atoms with Gasteiger partial charge in [0.25, 0.3) is 0 Å². The zero-order chi connectivity index (χ0) is 16.5. The lowest BCUT2D eigenvalue weighted by Crippen LogP contribution is -2.53. The molecule has 5 rings (SSSR count). The van der Waals surface area contributed by atoms with Gasteiger partial charge < -0.3 is 10.1 Å². The molecular weight excluding hydrogens is 300 g/mol. The van der Waals surface area contributed by atoms with Crippen LogP contribution < -0.4 is 5.32 Å². The van der Waals surface area contributed by atoms with Crippen molar-refractivity contribution >= 4 is 11.7 Å². The Morgan fingerprint density at radius 2 is 2.25 bits per heavy atom. The van der Waals surface area contributed by atoms with Gasteiger partial charge in [-0.1, -0.05) is 29.8 Å². The van der Waals surface area contributed by atoms with E-state index in [-0.39, 0.29) is 17.3 Å². The number of ether oxygens (including phenoxy) is 1. The fraction of sp³-hybridized carbons (Fsp3) is 0.450. The highest BCUT2D eigenvalue weighted by Gasteiger charge is 2.62. The third kappa shape index (κ3) is 1.50. The molecule has 1 N–H and O–H groups in total. The SMILES string of the molecule is CC=C1CN2CC[C@]34C(=C(C(=O)OC)C1CC23)Nc1ccccc14. The van der Waals surface area contributed by atoms with Gasteiger partial charge in [0.15, 0.2) is 0 Å². The Hall–Kier alpha value is -2.07. The predicted octanol–water partition coefficient (Wildman–Crippen LogP) is 2.83. The Balaban J connectivity index is 1.82. The molecule has 2 fully saturated rings. The minimum absolute atomic E-state index is 0.0596. The minimum Gasteiger partial charge on any atom is -0.466 e. The first-order valence-electron chi connectivity index (χ1n) is 8.79. The summed E-state index contributed by atoms with van der Waals surface area (Å²) in [5.41, 5.74) is 5.78. The van der Waals surface area contributed by atoms with Gasteiger partial charge in [-0.05, 0) is 31.4 Å². The van der Waals surface area contributed by atoms with Gasteiger partial charge in [0, 0.05) is 36.4 Å². The lowest BCUT2D eigenvalue weighted by Gasteiger charge is -2.48. The first-order chi connectivity index (χ1) is 11.7. The molecule has 4 heteroatoms. The lowest BCUT2D eigenvalue weighted by atomic mass is 9.62. The number of carbonyl (C=O) groups excluding carboxylic acids is 1. The van der Waals surface area contributed by atoms with Crippen molar-refractivity contribution in [2.24, 2.45) is 5.92 Å². The lowest BCUT2D eigenvalue weighted by molar-refractivity contribution is -0.137. The van der Waals surface area contributed by atoms with Crippen LogP contribution in [0.3, 0.4) is 0 Å². The highest BCUT2D eigenvalue weighted by Crippen LogP contribution is 2.61. The quantitative estimate of drug-likeness (QED) is 0.638. The van der Waals surface area contributed by atoms with E-state index in [1.807, 2.05) is 0 Å². The normalized spacial score (nSPS) is 34.8. The number of allylic oxidation sites excluding steroid dienone is 1. The number of hydrogen-bond donors (Lipinski definition) is 1.